The molecule has 0 amide bonds. The highest BCUT2D eigenvalue weighted by Gasteiger charge is 2.40. The number of rotatable bonds is 5. The van der Waals surface area contributed by atoms with Crippen molar-refractivity contribution in [2.24, 2.45) is 5.16 Å². The highest BCUT2D eigenvalue weighted by molar-refractivity contribution is 6.74. The summed E-state index contributed by atoms with van der Waals surface area (Å²) in [7, 11) is 0.559. The van der Waals surface area contributed by atoms with Crippen molar-refractivity contribution in [1.29, 1.82) is 0 Å². The molecule has 0 N–H and O–H groups in total. The molecule has 0 aromatic carbocycles. The predicted octanol–water partition coefficient (Wildman–Crippen LogP) is 2.70. The molecule has 0 fully saturated rings. The monoisotopic (exact) mass is 273 g/mol. The van der Waals surface area contributed by atoms with Gasteiger partial charge in [0.15, 0.2) is 0 Å². The summed E-state index contributed by atoms with van der Waals surface area (Å²) < 4.78 is 10.5. The lowest BCUT2D eigenvalue weighted by atomic mass is 10.2. The van der Waals surface area contributed by atoms with Gasteiger partial charge < -0.3 is 14.0 Å². The van der Waals surface area contributed by atoms with Gasteiger partial charge in [-0.3, -0.25) is 0 Å². The summed E-state index contributed by atoms with van der Waals surface area (Å²) in [5.74, 6) is -0.434. The molecule has 0 saturated heterocycles. The van der Waals surface area contributed by atoms with Gasteiger partial charge in [0.2, 0.25) is 5.71 Å². The van der Waals surface area contributed by atoms with E-state index in [0.717, 1.165) is 0 Å². The van der Waals surface area contributed by atoms with Crippen molar-refractivity contribution in [3.63, 3.8) is 0 Å². The van der Waals surface area contributed by atoms with Crippen molar-refractivity contribution in [2.75, 3.05) is 14.2 Å². The fourth-order valence-electron chi connectivity index (χ4n) is 0.899. The zero-order valence-electron chi connectivity index (χ0n) is 12.3. The molecule has 18 heavy (non-hydrogen) atoms. The molecule has 6 heteroatoms. The Morgan fingerprint density at radius 3 is 2.06 bits per heavy atom. The van der Waals surface area contributed by atoms with Gasteiger partial charge >= 0.3 is 5.97 Å². The van der Waals surface area contributed by atoms with Crippen LogP contribution in [0.2, 0.25) is 18.1 Å². The number of methoxy groups -OCH3 is 1. The van der Waals surface area contributed by atoms with Gasteiger partial charge in [-0.05, 0) is 18.1 Å². The minimum atomic E-state index is -2.06. The van der Waals surface area contributed by atoms with E-state index in [1.54, 1.807) is 0 Å². The molecule has 0 aliphatic rings. The molecule has 0 spiro atoms. The first-order valence-corrected chi connectivity index (χ1v) is 8.55. The second kappa shape index (κ2) is 6.04. The SMILES string of the molecule is C=C(O[Si](C)(C)C(C)(C)C)/C(=N/OC)C(=O)OC. The molecule has 0 aliphatic heterocycles. The lowest BCUT2D eigenvalue weighted by Gasteiger charge is -2.36. The van der Waals surface area contributed by atoms with E-state index in [1.807, 2.05) is 0 Å². The Kier molecular flexibility index (Phi) is 5.60. The molecule has 0 aliphatic carbocycles. The number of nitrogens with zero attached hydrogens (tertiary/aromatic N) is 1. The molecule has 0 radical (unpaired) electrons. The summed E-state index contributed by atoms with van der Waals surface area (Å²) in [5, 5.41) is 3.61. The molecule has 104 valence electrons. The van der Waals surface area contributed by atoms with Gasteiger partial charge in [0.05, 0.1) is 7.11 Å². The van der Waals surface area contributed by atoms with E-state index >= 15 is 0 Å². The third-order valence-electron chi connectivity index (χ3n) is 3.01. The molecule has 0 saturated carbocycles. The van der Waals surface area contributed by atoms with Crippen molar-refractivity contribution in [1.82, 2.24) is 0 Å². The lowest BCUT2D eigenvalue weighted by molar-refractivity contribution is -0.132. The third kappa shape index (κ3) is 4.18. The van der Waals surface area contributed by atoms with Crippen LogP contribution < -0.4 is 0 Å². The molecular weight excluding hydrogens is 250 g/mol. The molecule has 0 heterocycles. The van der Waals surface area contributed by atoms with Crippen LogP contribution in [0.4, 0.5) is 0 Å². The van der Waals surface area contributed by atoms with Crippen molar-refractivity contribution in [3.8, 4) is 0 Å². The largest absolute Gasteiger partial charge is 0.542 e. The topological polar surface area (TPSA) is 57.1 Å². The van der Waals surface area contributed by atoms with Gasteiger partial charge in [-0.15, -0.1) is 0 Å². The number of ether oxygens (including phenoxy) is 1. The average Bonchev–Trinajstić information content (AvgIpc) is 2.22. The summed E-state index contributed by atoms with van der Waals surface area (Å²) in [5.41, 5.74) is -0.0372. The van der Waals surface area contributed by atoms with Crippen LogP contribution in [0.5, 0.6) is 0 Å². The van der Waals surface area contributed by atoms with Crippen molar-refractivity contribution in [2.45, 2.75) is 38.9 Å². The number of oxime groups is 1. The predicted molar refractivity (Wildman–Crippen MR) is 73.9 cm³/mol. The standard InChI is InChI=1S/C12H23NO4Si/c1-9(10(13-16-6)11(14)15-5)17-18(7,8)12(2,3)4/h1H2,2-8H3/b13-10-. The Morgan fingerprint density at radius 1 is 1.22 bits per heavy atom. The number of carbonyl (C=O) groups excluding carboxylic acids is 1. The number of hydrogen-bond donors (Lipinski definition) is 0. The summed E-state index contributed by atoms with van der Waals surface area (Å²) in [6, 6.07) is 0. The Bertz CT molecular complexity index is 356. The maximum atomic E-state index is 11.5. The molecule has 0 rings (SSSR count). The average molecular weight is 273 g/mol. The van der Waals surface area contributed by atoms with Crippen molar-refractivity contribution < 1.29 is 18.8 Å². The van der Waals surface area contributed by atoms with Gasteiger partial charge in [0.1, 0.15) is 12.9 Å². The van der Waals surface area contributed by atoms with E-state index in [4.69, 9.17) is 4.43 Å². The smallest absolute Gasteiger partial charge is 0.363 e. The zero-order chi connectivity index (χ0) is 14.6. The number of carbonyl (C=O) groups is 1. The van der Waals surface area contributed by atoms with Crippen LogP contribution in [0.25, 0.3) is 0 Å². The fourth-order valence-corrected chi connectivity index (χ4v) is 1.92. The second-order valence-corrected chi connectivity index (χ2v) is 10.1. The Labute approximate surface area is 110 Å². The molecule has 0 aromatic rings. The molecule has 0 aromatic heterocycles. The highest BCUT2D eigenvalue weighted by Crippen LogP contribution is 2.37. The first kappa shape index (κ1) is 16.7. The summed E-state index contributed by atoms with van der Waals surface area (Å²) in [6.45, 7) is 14.1. The van der Waals surface area contributed by atoms with E-state index in [2.05, 4.69) is 55.2 Å². The molecule has 0 bridgehead atoms. The van der Waals surface area contributed by atoms with Crippen LogP contribution in [-0.2, 0) is 18.8 Å². The molecule has 0 unspecified atom stereocenters. The second-order valence-electron chi connectivity index (χ2n) is 5.40. The van der Waals surface area contributed by atoms with Gasteiger partial charge in [0, 0.05) is 0 Å². The quantitative estimate of drug-likeness (QED) is 0.254. The number of hydrogen-bond acceptors (Lipinski definition) is 5. The number of esters is 1. The van der Waals surface area contributed by atoms with E-state index in [-0.39, 0.29) is 16.5 Å². The van der Waals surface area contributed by atoms with E-state index < -0.39 is 14.3 Å². The minimum absolute atomic E-state index is 0.00421. The van der Waals surface area contributed by atoms with Gasteiger partial charge in [-0.2, -0.15) is 0 Å². The van der Waals surface area contributed by atoms with Crippen LogP contribution in [-0.4, -0.2) is 34.2 Å². The van der Waals surface area contributed by atoms with Crippen LogP contribution in [0.3, 0.4) is 0 Å². The van der Waals surface area contributed by atoms with Gasteiger partial charge in [-0.1, -0.05) is 32.5 Å². The first-order valence-electron chi connectivity index (χ1n) is 5.64. The normalized spacial score (nSPS) is 12.9. The van der Waals surface area contributed by atoms with Crippen molar-refractivity contribution in [3.05, 3.63) is 12.3 Å². The summed E-state index contributed by atoms with van der Waals surface area (Å²) in [6.07, 6.45) is 0. The highest BCUT2D eigenvalue weighted by atomic mass is 28.4. The third-order valence-corrected chi connectivity index (χ3v) is 7.38. The molecular formula is C12H23NO4Si. The minimum Gasteiger partial charge on any atom is -0.542 e. The van der Waals surface area contributed by atoms with Gasteiger partial charge in [-0.25, -0.2) is 4.79 Å². The molecule has 0 atom stereocenters. The maximum Gasteiger partial charge on any atom is 0.363 e. The van der Waals surface area contributed by atoms with Crippen LogP contribution in [0, 0.1) is 0 Å². The fraction of sp³-hybridized carbons (Fsp3) is 0.667. The summed E-state index contributed by atoms with van der Waals surface area (Å²) in [4.78, 5) is 16.1. The maximum absolute atomic E-state index is 11.5. The van der Waals surface area contributed by atoms with Crippen LogP contribution in [0.15, 0.2) is 17.5 Å². The molecule has 5 nitrogen and oxygen atoms in total. The van der Waals surface area contributed by atoms with Gasteiger partial charge in [0.25, 0.3) is 8.32 Å². The lowest BCUT2D eigenvalue weighted by Crippen LogP contribution is -2.42. The first-order chi connectivity index (χ1) is 8.06. The van der Waals surface area contributed by atoms with E-state index in [9.17, 15) is 4.79 Å². The zero-order valence-corrected chi connectivity index (χ0v) is 13.3. The van der Waals surface area contributed by atoms with Crippen LogP contribution >= 0.6 is 0 Å². The Balaban J connectivity index is 5.06. The Hall–Kier alpha value is -1.30. The van der Waals surface area contributed by atoms with E-state index in [1.165, 1.54) is 14.2 Å². The van der Waals surface area contributed by atoms with Crippen LogP contribution in [0.1, 0.15) is 20.8 Å². The van der Waals surface area contributed by atoms with Crippen molar-refractivity contribution >= 4 is 20.0 Å². The van der Waals surface area contributed by atoms with E-state index in [0.29, 0.717) is 0 Å². The Morgan fingerprint density at radius 2 is 1.72 bits per heavy atom. The summed E-state index contributed by atoms with van der Waals surface area (Å²) >= 11 is 0.